The number of ether oxygens (including phenoxy) is 1. The van der Waals surface area contributed by atoms with Crippen LogP contribution in [0.15, 0.2) is 24.5 Å². The van der Waals surface area contributed by atoms with E-state index in [-0.39, 0.29) is 11.1 Å². The Bertz CT molecular complexity index is 646. The number of aromatic amines is 1. The van der Waals surface area contributed by atoms with Crippen molar-refractivity contribution >= 4 is 23.1 Å². The van der Waals surface area contributed by atoms with Gasteiger partial charge < -0.3 is 14.8 Å². The lowest BCUT2D eigenvalue weighted by molar-refractivity contribution is -0.274. The van der Waals surface area contributed by atoms with E-state index in [2.05, 4.69) is 14.7 Å². The van der Waals surface area contributed by atoms with Crippen molar-refractivity contribution in [2.45, 2.75) is 6.36 Å². The summed E-state index contributed by atoms with van der Waals surface area (Å²) in [6.07, 6.45) is -1.81. The number of carboxylic acid groups (broad SMARTS) is 1. The summed E-state index contributed by atoms with van der Waals surface area (Å²) >= 11 is 0. The zero-order chi connectivity index (χ0) is 14.0. The summed E-state index contributed by atoms with van der Waals surface area (Å²) in [6.45, 7) is 0. The molecule has 1 heterocycles. The molecule has 1 aromatic carbocycles. The number of imidazole rings is 1. The molecule has 0 fully saturated rings. The van der Waals surface area contributed by atoms with Gasteiger partial charge in [-0.15, -0.1) is 13.2 Å². The van der Waals surface area contributed by atoms with E-state index < -0.39 is 18.1 Å². The summed E-state index contributed by atoms with van der Waals surface area (Å²) in [5.74, 6) is -1.78. The van der Waals surface area contributed by atoms with Crippen molar-refractivity contribution in [1.82, 2.24) is 9.97 Å². The summed E-state index contributed by atoms with van der Waals surface area (Å²) in [5, 5.41) is 8.50. The molecule has 2 aromatic rings. The number of carbonyl (C=O) groups is 1. The van der Waals surface area contributed by atoms with Crippen molar-refractivity contribution in [2.75, 3.05) is 0 Å². The maximum Gasteiger partial charge on any atom is 0.573 e. The molecule has 0 saturated carbocycles. The molecule has 0 unspecified atom stereocenters. The number of hydrogen-bond acceptors (Lipinski definition) is 3. The van der Waals surface area contributed by atoms with Crippen molar-refractivity contribution < 1.29 is 27.8 Å². The Hall–Kier alpha value is -2.51. The van der Waals surface area contributed by atoms with Gasteiger partial charge in [-0.2, -0.15) is 0 Å². The third kappa shape index (κ3) is 3.24. The summed E-state index contributed by atoms with van der Waals surface area (Å²) in [4.78, 5) is 16.9. The monoisotopic (exact) mass is 272 g/mol. The predicted octanol–water partition coefficient (Wildman–Crippen LogP) is 2.56. The molecule has 0 bridgehead atoms. The van der Waals surface area contributed by atoms with Gasteiger partial charge in [0.1, 0.15) is 5.75 Å². The molecule has 2 N–H and O–H groups in total. The van der Waals surface area contributed by atoms with Gasteiger partial charge in [0.25, 0.3) is 0 Å². The first-order valence-electron chi connectivity index (χ1n) is 4.99. The normalized spacial score (nSPS) is 12.2. The molecule has 0 saturated heterocycles. The molecule has 0 spiro atoms. The molecular weight excluding hydrogens is 265 g/mol. The van der Waals surface area contributed by atoms with Gasteiger partial charge in [0.15, 0.2) is 0 Å². The molecule has 0 aliphatic heterocycles. The Kier molecular flexibility index (Phi) is 3.16. The Morgan fingerprint density at radius 2 is 2.16 bits per heavy atom. The van der Waals surface area contributed by atoms with Crippen LogP contribution in [0.25, 0.3) is 17.1 Å². The Labute approximate surface area is 104 Å². The second-order valence-electron chi connectivity index (χ2n) is 3.53. The molecule has 1 aromatic heterocycles. The van der Waals surface area contributed by atoms with E-state index in [1.54, 1.807) is 0 Å². The summed E-state index contributed by atoms with van der Waals surface area (Å²) in [7, 11) is 0. The van der Waals surface area contributed by atoms with E-state index in [0.717, 1.165) is 18.2 Å². The van der Waals surface area contributed by atoms with E-state index in [0.29, 0.717) is 5.52 Å². The van der Waals surface area contributed by atoms with Crippen LogP contribution < -0.4 is 4.74 Å². The van der Waals surface area contributed by atoms with Crippen LogP contribution in [0.2, 0.25) is 0 Å². The van der Waals surface area contributed by atoms with Crippen LogP contribution in [0.5, 0.6) is 5.75 Å². The van der Waals surface area contributed by atoms with Gasteiger partial charge in [-0.1, -0.05) is 0 Å². The lowest BCUT2D eigenvalue weighted by Crippen LogP contribution is -2.17. The van der Waals surface area contributed by atoms with E-state index in [1.807, 2.05) is 0 Å². The molecule has 19 heavy (non-hydrogen) atoms. The van der Waals surface area contributed by atoms with Gasteiger partial charge in [-0.25, -0.2) is 9.78 Å². The molecule has 5 nitrogen and oxygen atoms in total. The van der Waals surface area contributed by atoms with E-state index >= 15 is 0 Å². The Morgan fingerprint density at radius 1 is 1.42 bits per heavy atom. The first-order valence-corrected chi connectivity index (χ1v) is 4.99. The maximum atomic E-state index is 12.3. The average molecular weight is 272 g/mol. The zero-order valence-corrected chi connectivity index (χ0v) is 9.23. The van der Waals surface area contributed by atoms with Crippen LogP contribution in [0.1, 0.15) is 5.56 Å². The topological polar surface area (TPSA) is 75.2 Å². The fourth-order valence-electron chi connectivity index (χ4n) is 1.48. The number of halogens is 3. The third-order valence-corrected chi connectivity index (χ3v) is 2.18. The number of aromatic nitrogens is 2. The van der Waals surface area contributed by atoms with Crippen molar-refractivity contribution in [2.24, 2.45) is 0 Å². The lowest BCUT2D eigenvalue weighted by atomic mass is 10.1. The number of H-pyrrole nitrogens is 1. The predicted molar refractivity (Wildman–Crippen MR) is 59.4 cm³/mol. The van der Waals surface area contributed by atoms with Gasteiger partial charge in [0, 0.05) is 17.7 Å². The van der Waals surface area contributed by atoms with Crippen molar-refractivity contribution in [1.29, 1.82) is 0 Å². The van der Waals surface area contributed by atoms with Crippen LogP contribution in [-0.4, -0.2) is 27.4 Å². The van der Waals surface area contributed by atoms with Crippen LogP contribution in [0, 0.1) is 0 Å². The van der Waals surface area contributed by atoms with Crippen LogP contribution in [-0.2, 0) is 4.79 Å². The van der Waals surface area contributed by atoms with Gasteiger partial charge in [-0.3, -0.25) is 0 Å². The second kappa shape index (κ2) is 4.63. The summed E-state index contributed by atoms with van der Waals surface area (Å²) in [5.41, 5.74) is 0.739. The fourth-order valence-corrected chi connectivity index (χ4v) is 1.48. The highest BCUT2D eigenvalue weighted by molar-refractivity contribution is 5.88. The largest absolute Gasteiger partial charge is 0.573 e. The van der Waals surface area contributed by atoms with E-state index in [9.17, 15) is 18.0 Å². The Morgan fingerprint density at radius 3 is 2.79 bits per heavy atom. The molecule has 2 rings (SSSR count). The van der Waals surface area contributed by atoms with Gasteiger partial charge in [0.2, 0.25) is 0 Å². The number of nitrogens with zero attached hydrogens (tertiary/aromatic N) is 1. The maximum absolute atomic E-state index is 12.3. The van der Waals surface area contributed by atoms with Crippen molar-refractivity contribution in [3.05, 3.63) is 30.1 Å². The summed E-state index contributed by atoms with van der Waals surface area (Å²) in [6, 6.07) is 2.41. The quantitative estimate of drug-likeness (QED) is 0.842. The fraction of sp³-hybridized carbons (Fsp3) is 0.0909. The van der Waals surface area contributed by atoms with Gasteiger partial charge in [0.05, 0.1) is 17.4 Å². The minimum Gasteiger partial charge on any atom is -0.478 e. The first-order chi connectivity index (χ1) is 8.85. The minimum absolute atomic E-state index is 0.0172. The summed E-state index contributed by atoms with van der Waals surface area (Å²) < 4.78 is 40.6. The standard InChI is InChI=1S/C11H7F3N2O3/c12-11(13,14)19-9-4-8-7(15-5-16-8)3-6(9)1-2-10(17)18/h1-5H,(H,15,16)(H,17,18)/b2-1+. The number of rotatable bonds is 3. The lowest BCUT2D eigenvalue weighted by Gasteiger charge is -2.11. The molecule has 100 valence electrons. The minimum atomic E-state index is -4.87. The molecule has 0 atom stereocenters. The first kappa shape index (κ1) is 12.9. The molecular formula is C11H7F3N2O3. The number of alkyl halides is 3. The molecule has 0 aliphatic carbocycles. The van der Waals surface area contributed by atoms with Crippen LogP contribution in [0.3, 0.4) is 0 Å². The number of hydrogen-bond donors (Lipinski definition) is 2. The van der Waals surface area contributed by atoms with Crippen LogP contribution >= 0.6 is 0 Å². The molecule has 0 amide bonds. The third-order valence-electron chi connectivity index (χ3n) is 2.18. The van der Waals surface area contributed by atoms with E-state index in [1.165, 1.54) is 12.4 Å². The molecule has 0 aliphatic rings. The number of fused-ring (bicyclic) bond motifs is 1. The SMILES string of the molecule is O=C(O)/C=C/c1cc2[nH]cnc2cc1OC(F)(F)F. The molecule has 0 radical (unpaired) electrons. The van der Waals surface area contributed by atoms with Gasteiger partial charge >= 0.3 is 12.3 Å². The molecule has 8 heteroatoms. The van der Waals surface area contributed by atoms with Crippen LogP contribution in [0.4, 0.5) is 13.2 Å². The number of nitrogens with one attached hydrogen (secondary N) is 1. The number of carboxylic acids is 1. The van der Waals surface area contributed by atoms with Crippen molar-refractivity contribution in [3.63, 3.8) is 0 Å². The highest BCUT2D eigenvalue weighted by Gasteiger charge is 2.32. The number of aliphatic carboxylic acids is 1. The van der Waals surface area contributed by atoms with E-state index in [4.69, 9.17) is 5.11 Å². The van der Waals surface area contributed by atoms with Gasteiger partial charge in [-0.05, 0) is 12.1 Å². The van der Waals surface area contributed by atoms with Crippen molar-refractivity contribution in [3.8, 4) is 5.75 Å². The second-order valence-corrected chi connectivity index (χ2v) is 3.53. The highest BCUT2D eigenvalue weighted by Crippen LogP contribution is 2.30. The highest BCUT2D eigenvalue weighted by atomic mass is 19.4. The average Bonchev–Trinajstić information content (AvgIpc) is 2.70. The number of benzene rings is 1. The Balaban J connectivity index is 2.50. The zero-order valence-electron chi connectivity index (χ0n) is 9.23. The smallest absolute Gasteiger partial charge is 0.478 e.